The van der Waals surface area contributed by atoms with Gasteiger partial charge in [0.05, 0.1) is 11.3 Å². The highest BCUT2D eigenvalue weighted by Gasteiger charge is 2.61. The van der Waals surface area contributed by atoms with Gasteiger partial charge in [-0.3, -0.25) is 4.79 Å². The topological polar surface area (TPSA) is 74.2 Å². The summed E-state index contributed by atoms with van der Waals surface area (Å²) in [5, 5.41) is 4.82. The predicted octanol–water partition coefficient (Wildman–Crippen LogP) is 7.29. The molecule has 0 heterocycles. The first-order valence-electron chi connectivity index (χ1n) is 15.2. The molecular formula is C35H41NO5. The maximum Gasteiger partial charge on any atom is 0.338 e. The van der Waals surface area contributed by atoms with Gasteiger partial charge in [0, 0.05) is 24.7 Å². The lowest BCUT2D eigenvalue weighted by Gasteiger charge is -2.57. The van der Waals surface area contributed by atoms with Gasteiger partial charge in [0.25, 0.3) is 0 Å². The van der Waals surface area contributed by atoms with Crippen molar-refractivity contribution >= 4 is 17.7 Å². The number of carbonyl (C=O) groups excluding carboxylic acids is 2. The van der Waals surface area contributed by atoms with Crippen LogP contribution in [0.5, 0.6) is 0 Å². The average molecular weight is 556 g/mol. The fraction of sp³-hybridized carbons (Fsp3) is 0.514. The summed E-state index contributed by atoms with van der Waals surface area (Å²) in [6.07, 6.45) is 8.59. The van der Waals surface area contributed by atoms with E-state index in [4.69, 9.17) is 19.5 Å². The quantitative estimate of drug-likeness (QED) is 0.276. The summed E-state index contributed by atoms with van der Waals surface area (Å²) < 4.78 is 11.9. The van der Waals surface area contributed by atoms with Crippen molar-refractivity contribution < 1.29 is 23.9 Å². The number of allylic oxidation sites excluding steroid dienone is 1. The SMILES string of the molecule is CC(=O)O[C@H]1CC[C@@]2(C)C(=C/C(=N\OCc3ccccc3)[C@H]3[C@@H]4CC[C@H](OC(=O)c5ccccc5)[C@@]4(C)CC[C@@H]32)C1. The molecule has 0 saturated heterocycles. The molecule has 4 aliphatic rings. The molecule has 7 atom stereocenters. The van der Waals surface area contributed by atoms with Crippen molar-refractivity contribution in [3.8, 4) is 0 Å². The molecule has 6 rings (SSSR count). The molecule has 0 unspecified atom stereocenters. The van der Waals surface area contributed by atoms with Gasteiger partial charge < -0.3 is 14.3 Å². The van der Waals surface area contributed by atoms with Crippen molar-refractivity contribution in [3.05, 3.63) is 83.4 Å². The van der Waals surface area contributed by atoms with Gasteiger partial charge in [-0.25, -0.2) is 4.79 Å². The minimum absolute atomic E-state index is 0.0277. The fourth-order valence-electron chi connectivity index (χ4n) is 8.49. The first-order chi connectivity index (χ1) is 19.8. The Morgan fingerprint density at radius 2 is 1.61 bits per heavy atom. The standard InChI is InChI=1S/C35H41NO5/c1-23(37)40-27-16-18-34(2)26(20-27)21-30(36-39-22-24-10-6-4-7-11-24)32-28-14-15-31(35(28,3)19-17-29(32)34)41-33(38)25-12-8-5-9-13-25/h4-13,21,27-29,31-32H,14-20,22H2,1-3H3/b36-30+/t27-,28-,29-,31-,32-,34-,35-/m0/s1. The lowest BCUT2D eigenvalue weighted by Crippen LogP contribution is -2.54. The molecule has 0 N–H and O–H groups in total. The van der Waals surface area contributed by atoms with Crippen LogP contribution in [0.25, 0.3) is 0 Å². The molecule has 4 aliphatic carbocycles. The molecule has 0 aromatic heterocycles. The van der Waals surface area contributed by atoms with Gasteiger partial charge in [0.1, 0.15) is 18.8 Å². The van der Waals surface area contributed by atoms with Crippen LogP contribution in [0.15, 0.2) is 77.5 Å². The molecular weight excluding hydrogens is 514 g/mol. The van der Waals surface area contributed by atoms with E-state index in [0.717, 1.165) is 56.2 Å². The predicted molar refractivity (Wildman–Crippen MR) is 157 cm³/mol. The van der Waals surface area contributed by atoms with Crippen molar-refractivity contribution in [1.29, 1.82) is 0 Å². The average Bonchev–Trinajstić information content (AvgIpc) is 3.30. The van der Waals surface area contributed by atoms with E-state index in [1.807, 2.05) is 60.7 Å². The molecule has 0 aliphatic heterocycles. The highest BCUT2D eigenvalue weighted by atomic mass is 16.6. The lowest BCUT2D eigenvalue weighted by atomic mass is 9.47. The van der Waals surface area contributed by atoms with Gasteiger partial charge in [-0.1, -0.05) is 73.1 Å². The summed E-state index contributed by atoms with van der Waals surface area (Å²) in [6.45, 7) is 6.64. The van der Waals surface area contributed by atoms with Gasteiger partial charge in [0.2, 0.25) is 0 Å². The molecule has 0 spiro atoms. The van der Waals surface area contributed by atoms with E-state index >= 15 is 0 Å². The first kappa shape index (κ1) is 27.7. The van der Waals surface area contributed by atoms with Gasteiger partial charge >= 0.3 is 11.9 Å². The molecule has 3 saturated carbocycles. The molecule has 2 aromatic carbocycles. The van der Waals surface area contributed by atoms with Crippen molar-refractivity contribution in [2.45, 2.75) is 84.5 Å². The van der Waals surface area contributed by atoms with Crippen LogP contribution in [0, 0.1) is 28.6 Å². The Bertz CT molecular complexity index is 1340. The van der Waals surface area contributed by atoms with Crippen LogP contribution >= 0.6 is 0 Å². The Morgan fingerprint density at radius 1 is 0.878 bits per heavy atom. The van der Waals surface area contributed by atoms with Crippen molar-refractivity contribution in [3.63, 3.8) is 0 Å². The minimum Gasteiger partial charge on any atom is -0.462 e. The first-order valence-corrected chi connectivity index (χ1v) is 15.2. The zero-order valence-corrected chi connectivity index (χ0v) is 24.4. The molecule has 0 bridgehead atoms. The fourth-order valence-corrected chi connectivity index (χ4v) is 8.49. The third-order valence-corrected chi connectivity index (χ3v) is 10.7. The van der Waals surface area contributed by atoms with E-state index < -0.39 is 0 Å². The minimum atomic E-state index is -0.235. The molecule has 6 heteroatoms. The number of hydrogen-bond acceptors (Lipinski definition) is 6. The number of ether oxygens (including phenoxy) is 2. The van der Waals surface area contributed by atoms with Gasteiger partial charge in [-0.2, -0.15) is 0 Å². The van der Waals surface area contributed by atoms with Crippen LogP contribution in [0.4, 0.5) is 0 Å². The van der Waals surface area contributed by atoms with E-state index in [-0.39, 0.29) is 40.9 Å². The number of fused-ring (bicyclic) bond motifs is 5. The molecule has 3 fully saturated rings. The number of oxime groups is 1. The Morgan fingerprint density at radius 3 is 2.34 bits per heavy atom. The van der Waals surface area contributed by atoms with Crippen LogP contribution in [-0.4, -0.2) is 29.9 Å². The monoisotopic (exact) mass is 555 g/mol. The third-order valence-electron chi connectivity index (χ3n) is 10.7. The third kappa shape index (κ3) is 5.22. The van der Waals surface area contributed by atoms with E-state index in [9.17, 15) is 9.59 Å². The van der Waals surface area contributed by atoms with Crippen LogP contribution < -0.4 is 0 Å². The van der Waals surface area contributed by atoms with Crippen molar-refractivity contribution in [2.75, 3.05) is 0 Å². The normalized spacial score (nSPS) is 35.0. The summed E-state index contributed by atoms with van der Waals surface area (Å²) in [5.74, 6) is 0.532. The summed E-state index contributed by atoms with van der Waals surface area (Å²) in [7, 11) is 0. The number of carbonyl (C=O) groups is 2. The van der Waals surface area contributed by atoms with Gasteiger partial charge in [-0.05, 0) is 79.5 Å². The lowest BCUT2D eigenvalue weighted by molar-refractivity contribution is -0.148. The Labute approximate surface area is 243 Å². The molecule has 0 radical (unpaired) electrons. The molecule has 0 amide bonds. The Hall–Kier alpha value is -3.41. The number of benzene rings is 2. The smallest absolute Gasteiger partial charge is 0.338 e. The number of esters is 2. The van der Waals surface area contributed by atoms with E-state index in [0.29, 0.717) is 24.0 Å². The number of hydrogen-bond donors (Lipinski definition) is 0. The maximum absolute atomic E-state index is 13.1. The highest BCUT2D eigenvalue weighted by molar-refractivity contribution is 5.99. The number of rotatable bonds is 6. The van der Waals surface area contributed by atoms with E-state index in [2.05, 4.69) is 19.9 Å². The Balaban J connectivity index is 1.30. The summed E-state index contributed by atoms with van der Waals surface area (Å²) >= 11 is 0. The molecule has 216 valence electrons. The maximum atomic E-state index is 13.1. The second-order valence-corrected chi connectivity index (χ2v) is 13.0. The summed E-state index contributed by atoms with van der Waals surface area (Å²) in [5.41, 5.74) is 3.91. The molecule has 41 heavy (non-hydrogen) atoms. The largest absolute Gasteiger partial charge is 0.462 e. The van der Waals surface area contributed by atoms with Gasteiger partial charge in [-0.15, -0.1) is 0 Å². The summed E-state index contributed by atoms with van der Waals surface area (Å²) in [6, 6.07) is 19.4. The second kappa shape index (κ2) is 11.1. The zero-order chi connectivity index (χ0) is 28.6. The summed E-state index contributed by atoms with van der Waals surface area (Å²) in [4.78, 5) is 30.8. The molecule has 6 nitrogen and oxygen atoms in total. The van der Waals surface area contributed by atoms with Crippen molar-refractivity contribution in [2.24, 2.45) is 33.7 Å². The zero-order valence-electron chi connectivity index (χ0n) is 24.4. The Kier molecular flexibility index (Phi) is 7.52. The van der Waals surface area contributed by atoms with E-state index in [1.54, 1.807) is 0 Å². The van der Waals surface area contributed by atoms with E-state index in [1.165, 1.54) is 12.5 Å². The van der Waals surface area contributed by atoms with Crippen LogP contribution in [-0.2, 0) is 25.7 Å². The molecule has 2 aromatic rings. The number of nitrogens with zero attached hydrogens (tertiary/aromatic N) is 1. The van der Waals surface area contributed by atoms with Crippen molar-refractivity contribution in [1.82, 2.24) is 0 Å². The van der Waals surface area contributed by atoms with Crippen LogP contribution in [0.2, 0.25) is 0 Å². The van der Waals surface area contributed by atoms with Gasteiger partial charge in [0.15, 0.2) is 0 Å². The second-order valence-electron chi connectivity index (χ2n) is 13.0. The van der Waals surface area contributed by atoms with Crippen LogP contribution in [0.1, 0.15) is 81.6 Å². The van der Waals surface area contributed by atoms with Crippen LogP contribution in [0.3, 0.4) is 0 Å². The highest BCUT2D eigenvalue weighted by Crippen LogP contribution is 2.65.